The maximum absolute atomic E-state index is 13.4. The van der Waals surface area contributed by atoms with Gasteiger partial charge in [0.25, 0.3) is 0 Å². The van der Waals surface area contributed by atoms with E-state index in [9.17, 15) is 17.2 Å². The zero-order chi connectivity index (χ0) is 12.6. The largest absolute Gasteiger partial charge is 0.326 e. The summed E-state index contributed by atoms with van der Waals surface area (Å²) >= 11 is 0. The quantitative estimate of drug-likeness (QED) is 0.889. The van der Waals surface area contributed by atoms with E-state index in [4.69, 9.17) is 5.73 Å². The molecule has 18 heavy (non-hydrogen) atoms. The topological polar surface area (TPSA) is 63.4 Å². The van der Waals surface area contributed by atoms with Gasteiger partial charge in [0.05, 0.1) is 0 Å². The number of hydrogen-bond acceptors (Lipinski definition) is 3. The predicted octanol–water partition coefficient (Wildman–Crippen LogP) is 1.11. The molecule has 0 aliphatic carbocycles. The van der Waals surface area contributed by atoms with Crippen LogP contribution in [0.4, 0.5) is 8.78 Å². The first-order valence-electron chi connectivity index (χ1n) is 5.12. The van der Waals surface area contributed by atoms with Crippen LogP contribution in [-0.2, 0) is 10.0 Å². The summed E-state index contributed by atoms with van der Waals surface area (Å²) in [6, 6.07) is 2.69. The molecule has 1 aliphatic heterocycles. The third-order valence-electron chi connectivity index (χ3n) is 2.70. The Kier molecular flexibility index (Phi) is 4.66. The molecular formula is C10H13ClF2N2O2S. The average molecular weight is 299 g/mol. The molecule has 0 aromatic heterocycles. The highest BCUT2D eigenvalue weighted by molar-refractivity contribution is 7.89. The molecular weight excluding hydrogens is 286 g/mol. The van der Waals surface area contributed by atoms with E-state index < -0.39 is 26.6 Å². The van der Waals surface area contributed by atoms with Crippen molar-refractivity contribution < 1.29 is 17.2 Å². The van der Waals surface area contributed by atoms with Crippen molar-refractivity contribution in [1.82, 2.24) is 4.31 Å². The normalized spacial score (nSPS) is 20.7. The van der Waals surface area contributed by atoms with Gasteiger partial charge in [-0.05, 0) is 18.6 Å². The van der Waals surface area contributed by atoms with Gasteiger partial charge >= 0.3 is 0 Å². The Labute approximate surface area is 110 Å². The summed E-state index contributed by atoms with van der Waals surface area (Å²) in [6.07, 6.45) is 0.495. The van der Waals surface area contributed by atoms with Gasteiger partial charge in [0, 0.05) is 19.1 Å². The predicted molar refractivity (Wildman–Crippen MR) is 65.0 cm³/mol. The van der Waals surface area contributed by atoms with Crippen LogP contribution in [0.3, 0.4) is 0 Å². The van der Waals surface area contributed by atoms with Crippen LogP contribution < -0.4 is 5.73 Å². The Bertz CT molecular complexity index is 518. The van der Waals surface area contributed by atoms with Gasteiger partial charge in [-0.25, -0.2) is 17.2 Å². The summed E-state index contributed by atoms with van der Waals surface area (Å²) < 4.78 is 51.9. The molecule has 1 aromatic rings. The zero-order valence-electron chi connectivity index (χ0n) is 9.34. The van der Waals surface area contributed by atoms with Crippen molar-refractivity contribution >= 4 is 22.4 Å². The Hall–Kier alpha value is -0.760. The molecule has 1 atom stereocenters. The van der Waals surface area contributed by atoms with E-state index in [0.717, 1.165) is 22.5 Å². The number of hydrogen-bond donors (Lipinski definition) is 1. The van der Waals surface area contributed by atoms with Crippen LogP contribution in [-0.4, -0.2) is 31.9 Å². The molecule has 1 fully saturated rings. The van der Waals surface area contributed by atoms with Crippen LogP contribution in [0.25, 0.3) is 0 Å². The lowest BCUT2D eigenvalue weighted by Gasteiger charge is -2.16. The Morgan fingerprint density at radius 1 is 1.28 bits per heavy atom. The summed E-state index contributed by atoms with van der Waals surface area (Å²) in [5.41, 5.74) is 5.58. The van der Waals surface area contributed by atoms with Crippen molar-refractivity contribution in [1.29, 1.82) is 0 Å². The summed E-state index contributed by atoms with van der Waals surface area (Å²) in [7, 11) is -4.13. The van der Waals surface area contributed by atoms with Crippen molar-refractivity contribution in [3.63, 3.8) is 0 Å². The van der Waals surface area contributed by atoms with E-state index in [2.05, 4.69) is 0 Å². The molecule has 1 aliphatic rings. The molecule has 0 amide bonds. The van der Waals surface area contributed by atoms with Crippen molar-refractivity contribution in [2.75, 3.05) is 13.1 Å². The van der Waals surface area contributed by atoms with Gasteiger partial charge in [-0.2, -0.15) is 4.31 Å². The average Bonchev–Trinajstić information content (AvgIpc) is 2.64. The summed E-state index contributed by atoms with van der Waals surface area (Å²) in [6.45, 7) is 0.285. The molecule has 2 N–H and O–H groups in total. The molecule has 0 radical (unpaired) electrons. The van der Waals surface area contributed by atoms with Crippen LogP contribution in [0, 0.1) is 11.6 Å². The first-order valence-corrected chi connectivity index (χ1v) is 6.56. The second kappa shape index (κ2) is 5.48. The summed E-state index contributed by atoms with van der Waals surface area (Å²) in [4.78, 5) is -0.894. The van der Waals surface area contributed by atoms with Gasteiger partial charge in [0.1, 0.15) is 11.6 Å². The standard InChI is InChI=1S/C10H12F2N2O2S.ClH/c11-8-2-1-3-9(12)10(8)17(15,16)14-5-4-7(13)6-14;/h1-3,7H,4-6,13H2;1H/t7-;/m1./s1. The summed E-state index contributed by atoms with van der Waals surface area (Å²) in [5.74, 6) is -2.16. The molecule has 2 rings (SSSR count). The number of nitrogens with two attached hydrogens (primary N) is 1. The maximum atomic E-state index is 13.4. The van der Waals surface area contributed by atoms with Crippen LogP contribution in [0.5, 0.6) is 0 Å². The molecule has 1 aromatic carbocycles. The zero-order valence-corrected chi connectivity index (χ0v) is 11.0. The highest BCUT2D eigenvalue weighted by Gasteiger charge is 2.34. The van der Waals surface area contributed by atoms with Gasteiger partial charge < -0.3 is 5.73 Å². The minimum absolute atomic E-state index is 0. The number of nitrogens with zero attached hydrogens (tertiary/aromatic N) is 1. The van der Waals surface area contributed by atoms with E-state index in [1.807, 2.05) is 0 Å². The molecule has 1 heterocycles. The van der Waals surface area contributed by atoms with E-state index >= 15 is 0 Å². The first-order chi connectivity index (χ1) is 7.93. The fourth-order valence-corrected chi connectivity index (χ4v) is 3.45. The van der Waals surface area contributed by atoms with Crippen LogP contribution in [0.2, 0.25) is 0 Å². The molecule has 0 spiro atoms. The smallest absolute Gasteiger partial charge is 0.248 e. The molecule has 4 nitrogen and oxygen atoms in total. The van der Waals surface area contributed by atoms with Gasteiger partial charge in [-0.15, -0.1) is 12.4 Å². The Morgan fingerprint density at radius 3 is 2.28 bits per heavy atom. The van der Waals surface area contributed by atoms with Gasteiger partial charge in [-0.3, -0.25) is 0 Å². The lowest BCUT2D eigenvalue weighted by Crippen LogP contribution is -2.33. The first kappa shape index (κ1) is 15.3. The highest BCUT2D eigenvalue weighted by Crippen LogP contribution is 2.25. The van der Waals surface area contributed by atoms with E-state index in [-0.39, 0.29) is 31.5 Å². The number of rotatable bonds is 2. The van der Waals surface area contributed by atoms with Gasteiger partial charge in [0.15, 0.2) is 4.90 Å². The monoisotopic (exact) mass is 298 g/mol. The fraction of sp³-hybridized carbons (Fsp3) is 0.400. The third-order valence-corrected chi connectivity index (χ3v) is 4.62. The van der Waals surface area contributed by atoms with Crippen LogP contribution in [0.1, 0.15) is 6.42 Å². The molecule has 0 unspecified atom stereocenters. The van der Waals surface area contributed by atoms with Gasteiger partial charge in [0.2, 0.25) is 10.0 Å². The maximum Gasteiger partial charge on any atom is 0.248 e. The highest BCUT2D eigenvalue weighted by atomic mass is 35.5. The van der Waals surface area contributed by atoms with Crippen molar-refractivity contribution in [2.24, 2.45) is 5.73 Å². The van der Waals surface area contributed by atoms with Crippen LogP contribution >= 0.6 is 12.4 Å². The lowest BCUT2D eigenvalue weighted by atomic mass is 10.3. The molecule has 0 bridgehead atoms. The molecule has 102 valence electrons. The van der Waals surface area contributed by atoms with Crippen LogP contribution in [0.15, 0.2) is 23.1 Å². The number of sulfonamides is 1. The van der Waals surface area contributed by atoms with Crippen molar-refractivity contribution in [3.05, 3.63) is 29.8 Å². The van der Waals surface area contributed by atoms with E-state index in [1.165, 1.54) is 0 Å². The lowest BCUT2D eigenvalue weighted by molar-refractivity contribution is 0.452. The molecule has 0 saturated carbocycles. The number of halogens is 3. The Morgan fingerprint density at radius 2 is 1.83 bits per heavy atom. The minimum atomic E-state index is -4.13. The Balaban J connectivity index is 0.00000162. The SMILES string of the molecule is Cl.N[C@@H]1CCN(S(=O)(=O)c2c(F)cccc2F)C1. The second-order valence-corrected chi connectivity index (χ2v) is 5.84. The minimum Gasteiger partial charge on any atom is -0.326 e. The molecule has 1 saturated heterocycles. The number of benzene rings is 1. The summed E-state index contributed by atoms with van der Waals surface area (Å²) in [5, 5.41) is 0. The molecule has 8 heteroatoms. The van der Waals surface area contributed by atoms with Gasteiger partial charge in [-0.1, -0.05) is 6.07 Å². The van der Waals surface area contributed by atoms with E-state index in [1.54, 1.807) is 0 Å². The fourth-order valence-electron chi connectivity index (χ4n) is 1.83. The van der Waals surface area contributed by atoms with Crippen molar-refractivity contribution in [3.8, 4) is 0 Å². The second-order valence-electron chi connectivity index (χ2n) is 3.96. The van der Waals surface area contributed by atoms with Crippen molar-refractivity contribution in [2.45, 2.75) is 17.4 Å². The third kappa shape index (κ3) is 2.64. The van der Waals surface area contributed by atoms with E-state index in [0.29, 0.717) is 6.42 Å².